The van der Waals surface area contributed by atoms with Gasteiger partial charge < -0.3 is 5.32 Å². The van der Waals surface area contributed by atoms with Gasteiger partial charge in [0, 0.05) is 17.9 Å². The first kappa shape index (κ1) is 15.3. The van der Waals surface area contributed by atoms with Crippen LogP contribution in [0.1, 0.15) is 18.9 Å². The number of nitrogens with one attached hydrogen (secondary N) is 1. The molecule has 20 heavy (non-hydrogen) atoms. The molecular weight excluding hydrogens is 279 g/mol. The van der Waals surface area contributed by atoms with Crippen molar-refractivity contribution in [2.45, 2.75) is 25.8 Å². The molecule has 0 aromatic heterocycles. The van der Waals surface area contributed by atoms with Crippen molar-refractivity contribution in [3.05, 3.63) is 39.7 Å². The maximum atomic E-state index is 13.4. The number of thioether (sulfide) groups is 1. The summed E-state index contributed by atoms with van der Waals surface area (Å²) in [6.45, 7) is 3.10. The molecule has 0 saturated carbocycles. The summed E-state index contributed by atoms with van der Waals surface area (Å²) in [7, 11) is 0. The maximum absolute atomic E-state index is 13.4. The molecule has 2 rings (SSSR count). The number of hydrogen-bond donors (Lipinski definition) is 1. The fourth-order valence-electron chi connectivity index (χ4n) is 2.51. The average molecular weight is 298 g/mol. The molecule has 6 heteroatoms. The molecule has 0 bridgehead atoms. The van der Waals surface area contributed by atoms with Crippen molar-refractivity contribution in [2.24, 2.45) is 5.92 Å². The summed E-state index contributed by atoms with van der Waals surface area (Å²) in [6.07, 6.45) is 1.77. The van der Waals surface area contributed by atoms with Crippen molar-refractivity contribution < 1.29 is 9.31 Å². The molecule has 2 atom stereocenters. The maximum Gasteiger partial charge on any atom is 0.272 e. The first-order valence-electron chi connectivity index (χ1n) is 6.85. The lowest BCUT2D eigenvalue weighted by molar-refractivity contribution is -0.385. The lowest BCUT2D eigenvalue weighted by atomic mass is 9.94. The predicted octanol–water partition coefficient (Wildman–Crippen LogP) is 3.01. The second-order valence-corrected chi connectivity index (χ2v) is 6.21. The number of nitro groups is 1. The van der Waals surface area contributed by atoms with Crippen molar-refractivity contribution in [3.63, 3.8) is 0 Å². The van der Waals surface area contributed by atoms with Crippen molar-refractivity contribution in [1.29, 1.82) is 0 Å². The van der Waals surface area contributed by atoms with Crippen LogP contribution in [-0.4, -0.2) is 29.0 Å². The van der Waals surface area contributed by atoms with Gasteiger partial charge in [-0.3, -0.25) is 10.1 Å². The highest BCUT2D eigenvalue weighted by molar-refractivity contribution is 7.99. The molecule has 2 unspecified atom stereocenters. The quantitative estimate of drug-likeness (QED) is 0.648. The van der Waals surface area contributed by atoms with E-state index in [0.29, 0.717) is 23.9 Å². The highest BCUT2D eigenvalue weighted by Crippen LogP contribution is 2.28. The van der Waals surface area contributed by atoms with E-state index in [1.165, 1.54) is 12.1 Å². The van der Waals surface area contributed by atoms with Crippen LogP contribution in [0.3, 0.4) is 0 Å². The van der Waals surface area contributed by atoms with E-state index in [9.17, 15) is 14.5 Å². The third kappa shape index (κ3) is 3.93. The lowest BCUT2D eigenvalue weighted by Crippen LogP contribution is -2.36. The van der Waals surface area contributed by atoms with Crippen LogP contribution in [-0.2, 0) is 6.42 Å². The van der Waals surface area contributed by atoms with Crippen molar-refractivity contribution >= 4 is 17.4 Å². The summed E-state index contributed by atoms with van der Waals surface area (Å²) in [5.74, 6) is 1.96. The summed E-state index contributed by atoms with van der Waals surface area (Å²) < 4.78 is 13.4. The Bertz CT molecular complexity index is 484. The van der Waals surface area contributed by atoms with E-state index in [0.717, 1.165) is 30.5 Å². The van der Waals surface area contributed by atoms with Gasteiger partial charge in [0.15, 0.2) is 0 Å². The van der Waals surface area contributed by atoms with E-state index in [1.54, 1.807) is 0 Å². The molecular formula is C14H19FN2O2S. The number of nitro benzene ring substituents is 1. The second-order valence-electron chi connectivity index (χ2n) is 5.14. The topological polar surface area (TPSA) is 55.2 Å². The monoisotopic (exact) mass is 298 g/mol. The molecule has 1 saturated heterocycles. The van der Waals surface area contributed by atoms with Gasteiger partial charge in [0.2, 0.25) is 0 Å². The Morgan fingerprint density at radius 2 is 2.25 bits per heavy atom. The van der Waals surface area contributed by atoms with E-state index in [1.807, 2.05) is 11.8 Å². The first-order valence-corrected chi connectivity index (χ1v) is 8.00. The van der Waals surface area contributed by atoms with Gasteiger partial charge in [-0.1, -0.05) is 6.92 Å². The van der Waals surface area contributed by atoms with E-state index < -0.39 is 10.7 Å². The highest BCUT2D eigenvalue weighted by atomic mass is 32.2. The first-order chi connectivity index (χ1) is 9.60. The smallest absolute Gasteiger partial charge is 0.272 e. The SMILES string of the molecule is CCCNC1CSCC1Cc1cc(F)cc([N+](=O)[O-])c1. The van der Waals surface area contributed by atoms with E-state index >= 15 is 0 Å². The third-order valence-electron chi connectivity index (χ3n) is 3.51. The standard InChI is InChI=1S/C14H19FN2O2S/c1-2-3-16-14-9-20-8-11(14)4-10-5-12(15)7-13(6-10)17(18)19/h5-7,11,14,16H,2-4,8-9H2,1H3. The number of rotatable bonds is 6. The molecule has 0 radical (unpaired) electrons. The van der Waals surface area contributed by atoms with Crippen LogP contribution >= 0.6 is 11.8 Å². The number of non-ortho nitro benzene ring substituents is 1. The van der Waals surface area contributed by atoms with E-state index in [-0.39, 0.29) is 5.69 Å². The number of benzene rings is 1. The molecule has 1 N–H and O–H groups in total. The van der Waals surface area contributed by atoms with Crippen molar-refractivity contribution in [2.75, 3.05) is 18.1 Å². The third-order valence-corrected chi connectivity index (χ3v) is 4.76. The lowest BCUT2D eigenvalue weighted by Gasteiger charge is -2.20. The van der Waals surface area contributed by atoms with Gasteiger partial charge in [-0.05, 0) is 42.7 Å². The van der Waals surface area contributed by atoms with E-state index in [2.05, 4.69) is 12.2 Å². The Labute approximate surface area is 122 Å². The highest BCUT2D eigenvalue weighted by Gasteiger charge is 2.27. The van der Waals surface area contributed by atoms with Crippen molar-refractivity contribution in [1.82, 2.24) is 5.32 Å². The molecule has 0 amide bonds. The van der Waals surface area contributed by atoms with Crippen LogP contribution in [0.4, 0.5) is 10.1 Å². The molecule has 1 heterocycles. The number of halogens is 1. The van der Waals surface area contributed by atoms with Crippen LogP contribution in [0, 0.1) is 21.8 Å². The van der Waals surface area contributed by atoms with Crippen molar-refractivity contribution in [3.8, 4) is 0 Å². The Hall–Kier alpha value is -1.14. The minimum absolute atomic E-state index is 0.163. The van der Waals surface area contributed by atoms with Crippen LogP contribution < -0.4 is 5.32 Å². The molecule has 1 aromatic carbocycles. The Morgan fingerprint density at radius 3 is 2.95 bits per heavy atom. The number of hydrogen-bond acceptors (Lipinski definition) is 4. The Kier molecular flexibility index (Phi) is 5.37. The fraction of sp³-hybridized carbons (Fsp3) is 0.571. The zero-order valence-corrected chi connectivity index (χ0v) is 12.3. The molecule has 0 spiro atoms. The minimum atomic E-state index is -0.539. The zero-order chi connectivity index (χ0) is 14.5. The van der Waals surface area contributed by atoms with Crippen LogP contribution in [0.2, 0.25) is 0 Å². The zero-order valence-electron chi connectivity index (χ0n) is 11.5. The molecule has 110 valence electrons. The van der Waals surface area contributed by atoms with Gasteiger partial charge in [0.25, 0.3) is 5.69 Å². The largest absolute Gasteiger partial charge is 0.313 e. The average Bonchev–Trinajstić information content (AvgIpc) is 2.83. The summed E-state index contributed by atoms with van der Waals surface area (Å²) >= 11 is 1.88. The summed E-state index contributed by atoms with van der Waals surface area (Å²) in [4.78, 5) is 10.2. The van der Waals surface area contributed by atoms with Gasteiger partial charge in [-0.2, -0.15) is 11.8 Å². The Morgan fingerprint density at radius 1 is 1.45 bits per heavy atom. The van der Waals surface area contributed by atoms with Crippen LogP contribution in [0.25, 0.3) is 0 Å². The van der Waals surface area contributed by atoms with E-state index in [4.69, 9.17) is 0 Å². The van der Waals surface area contributed by atoms with Gasteiger partial charge in [-0.15, -0.1) is 0 Å². The predicted molar refractivity (Wildman–Crippen MR) is 79.7 cm³/mol. The molecule has 0 aliphatic carbocycles. The number of nitrogens with zero attached hydrogens (tertiary/aromatic N) is 1. The summed E-state index contributed by atoms with van der Waals surface area (Å²) in [5, 5.41) is 14.3. The second kappa shape index (κ2) is 7.04. The van der Waals surface area contributed by atoms with Gasteiger partial charge in [-0.25, -0.2) is 4.39 Å². The summed E-state index contributed by atoms with van der Waals surface area (Å²) in [5.41, 5.74) is 0.552. The molecule has 1 aliphatic heterocycles. The minimum Gasteiger partial charge on any atom is -0.313 e. The van der Waals surface area contributed by atoms with Gasteiger partial charge >= 0.3 is 0 Å². The van der Waals surface area contributed by atoms with Crippen LogP contribution in [0.15, 0.2) is 18.2 Å². The van der Waals surface area contributed by atoms with Gasteiger partial charge in [0.1, 0.15) is 5.82 Å². The van der Waals surface area contributed by atoms with Crippen LogP contribution in [0.5, 0.6) is 0 Å². The molecule has 4 nitrogen and oxygen atoms in total. The fourth-order valence-corrected chi connectivity index (χ4v) is 3.95. The normalized spacial score (nSPS) is 22.1. The molecule has 1 aliphatic rings. The van der Waals surface area contributed by atoms with Gasteiger partial charge in [0.05, 0.1) is 11.0 Å². The Balaban J connectivity index is 2.07. The molecule has 1 aromatic rings. The molecule has 1 fully saturated rings. The summed E-state index contributed by atoms with van der Waals surface area (Å²) in [6, 6.07) is 4.29.